The molecule has 1 aromatic rings. The Hall–Kier alpha value is -2.34. The van der Waals surface area contributed by atoms with E-state index < -0.39 is 11.7 Å². The number of aliphatic hydroxyl groups is 1. The summed E-state index contributed by atoms with van der Waals surface area (Å²) in [6.45, 7) is 6.75. The van der Waals surface area contributed by atoms with Crippen molar-refractivity contribution >= 4 is 12.0 Å². The van der Waals surface area contributed by atoms with Gasteiger partial charge in [-0.3, -0.25) is 4.79 Å². The maximum Gasteiger partial charge on any atom is 0.410 e. The third-order valence-electron chi connectivity index (χ3n) is 5.64. The fourth-order valence-electron chi connectivity index (χ4n) is 4.11. The number of amides is 2. The topological polar surface area (TPSA) is 70.1 Å². The van der Waals surface area contributed by atoms with Crippen molar-refractivity contribution in [1.29, 1.82) is 0 Å². The Labute approximate surface area is 179 Å². The molecule has 1 fully saturated rings. The molecule has 6 nitrogen and oxygen atoms in total. The molecule has 1 saturated heterocycles. The summed E-state index contributed by atoms with van der Waals surface area (Å²) in [6, 6.07) is 9.80. The third kappa shape index (κ3) is 6.08. The highest BCUT2D eigenvalue weighted by atomic mass is 16.6. The van der Waals surface area contributed by atoms with E-state index in [2.05, 4.69) is 0 Å². The number of piperidine rings is 1. The number of likely N-dealkylation sites (tertiary alicyclic amines) is 1. The van der Waals surface area contributed by atoms with Crippen LogP contribution in [0.25, 0.3) is 0 Å². The van der Waals surface area contributed by atoms with Gasteiger partial charge in [0.15, 0.2) is 0 Å². The van der Waals surface area contributed by atoms with Gasteiger partial charge in [-0.25, -0.2) is 4.79 Å². The molecule has 2 amide bonds. The van der Waals surface area contributed by atoms with Crippen molar-refractivity contribution in [2.24, 2.45) is 0 Å². The smallest absolute Gasteiger partial charge is 0.410 e. The minimum atomic E-state index is -0.676. The van der Waals surface area contributed by atoms with Crippen LogP contribution in [-0.4, -0.2) is 51.2 Å². The largest absolute Gasteiger partial charge is 0.444 e. The van der Waals surface area contributed by atoms with Crippen LogP contribution >= 0.6 is 0 Å². The van der Waals surface area contributed by atoms with E-state index in [9.17, 15) is 14.7 Å². The maximum atomic E-state index is 12.6. The molecule has 2 heterocycles. The van der Waals surface area contributed by atoms with Crippen LogP contribution in [0.1, 0.15) is 64.9 Å². The van der Waals surface area contributed by atoms with Crippen LogP contribution in [0.4, 0.5) is 4.79 Å². The molecule has 1 N–H and O–H groups in total. The van der Waals surface area contributed by atoms with Crippen molar-refractivity contribution in [3.8, 4) is 0 Å². The Balaban J connectivity index is 1.66. The summed E-state index contributed by atoms with van der Waals surface area (Å²) in [5.41, 5.74) is 1.38. The van der Waals surface area contributed by atoms with E-state index in [1.807, 2.05) is 57.3 Å². The van der Waals surface area contributed by atoms with E-state index in [-0.39, 0.29) is 18.0 Å². The summed E-state index contributed by atoms with van der Waals surface area (Å²) in [5, 5.41) is 10.9. The van der Waals surface area contributed by atoms with Crippen LogP contribution in [-0.2, 0) is 16.1 Å². The molecule has 30 heavy (non-hydrogen) atoms. The van der Waals surface area contributed by atoms with Gasteiger partial charge in [-0.05, 0) is 64.0 Å². The SMILES string of the molecule is CC(C)(C)OC(=O)N1CCCCC1CC(O)C1=CN(Cc2ccccc2)C(=O)CC1. The van der Waals surface area contributed by atoms with Crippen molar-refractivity contribution in [2.45, 2.75) is 83.6 Å². The molecule has 164 valence electrons. The normalized spacial score (nSPS) is 21.3. The van der Waals surface area contributed by atoms with Gasteiger partial charge in [0.1, 0.15) is 5.60 Å². The molecule has 0 bridgehead atoms. The van der Waals surface area contributed by atoms with Crippen molar-refractivity contribution in [1.82, 2.24) is 9.80 Å². The maximum absolute atomic E-state index is 12.6. The first-order valence-corrected chi connectivity index (χ1v) is 10.9. The van der Waals surface area contributed by atoms with Crippen LogP contribution in [0.3, 0.4) is 0 Å². The zero-order valence-electron chi connectivity index (χ0n) is 18.3. The Bertz CT molecular complexity index is 769. The van der Waals surface area contributed by atoms with Gasteiger partial charge >= 0.3 is 6.09 Å². The van der Waals surface area contributed by atoms with E-state index in [4.69, 9.17) is 4.74 Å². The van der Waals surface area contributed by atoms with Crippen LogP contribution in [0.15, 0.2) is 42.1 Å². The van der Waals surface area contributed by atoms with Gasteiger partial charge in [0.05, 0.1) is 12.6 Å². The summed E-state index contributed by atoms with van der Waals surface area (Å²) < 4.78 is 5.57. The lowest BCUT2D eigenvalue weighted by Crippen LogP contribution is -2.47. The highest BCUT2D eigenvalue weighted by Crippen LogP contribution is 2.28. The Morgan fingerprint density at radius 2 is 1.93 bits per heavy atom. The first kappa shape index (κ1) is 22.3. The predicted molar refractivity (Wildman–Crippen MR) is 116 cm³/mol. The van der Waals surface area contributed by atoms with E-state index in [0.717, 1.165) is 30.4 Å². The summed E-state index contributed by atoms with van der Waals surface area (Å²) >= 11 is 0. The van der Waals surface area contributed by atoms with Crippen LogP contribution in [0.2, 0.25) is 0 Å². The third-order valence-corrected chi connectivity index (χ3v) is 5.64. The van der Waals surface area contributed by atoms with Crippen LogP contribution < -0.4 is 0 Å². The van der Waals surface area contributed by atoms with Crippen molar-refractivity contribution in [3.63, 3.8) is 0 Å². The number of rotatable bonds is 5. The molecular formula is C24H34N2O4. The number of nitrogens with zero attached hydrogens (tertiary/aromatic N) is 2. The molecule has 3 rings (SSSR count). The molecular weight excluding hydrogens is 380 g/mol. The van der Waals surface area contributed by atoms with Gasteiger partial charge in [-0.15, -0.1) is 0 Å². The predicted octanol–water partition coefficient (Wildman–Crippen LogP) is 4.23. The van der Waals surface area contributed by atoms with E-state index in [1.54, 1.807) is 9.80 Å². The summed E-state index contributed by atoms with van der Waals surface area (Å²) in [6.07, 6.45) is 5.10. The molecule has 2 unspecified atom stereocenters. The van der Waals surface area contributed by atoms with E-state index in [1.165, 1.54) is 0 Å². The first-order chi connectivity index (χ1) is 14.2. The second kappa shape index (κ2) is 9.65. The fourth-order valence-corrected chi connectivity index (χ4v) is 4.11. The number of hydrogen-bond donors (Lipinski definition) is 1. The van der Waals surface area contributed by atoms with Gasteiger partial charge < -0.3 is 19.6 Å². The Morgan fingerprint density at radius 3 is 2.63 bits per heavy atom. The number of aliphatic hydroxyl groups excluding tert-OH is 1. The molecule has 0 aromatic heterocycles. The molecule has 0 spiro atoms. The second-order valence-electron chi connectivity index (χ2n) is 9.29. The lowest BCUT2D eigenvalue weighted by Gasteiger charge is -2.38. The van der Waals surface area contributed by atoms with Gasteiger partial charge in [0.2, 0.25) is 5.91 Å². The summed E-state index contributed by atoms with van der Waals surface area (Å²) in [4.78, 5) is 28.5. The number of ether oxygens (including phenoxy) is 1. The van der Waals surface area contributed by atoms with E-state index in [0.29, 0.717) is 32.4 Å². The zero-order chi connectivity index (χ0) is 21.7. The number of carbonyl (C=O) groups is 2. The average molecular weight is 415 g/mol. The lowest BCUT2D eigenvalue weighted by atomic mass is 9.91. The quantitative estimate of drug-likeness (QED) is 0.783. The van der Waals surface area contributed by atoms with Crippen molar-refractivity contribution < 1.29 is 19.4 Å². The number of carbonyl (C=O) groups excluding carboxylic acids is 2. The highest BCUT2D eigenvalue weighted by Gasteiger charge is 2.33. The molecule has 2 atom stereocenters. The molecule has 1 aromatic carbocycles. The minimum Gasteiger partial charge on any atom is -0.444 e. The Morgan fingerprint density at radius 1 is 1.20 bits per heavy atom. The van der Waals surface area contributed by atoms with Crippen LogP contribution in [0.5, 0.6) is 0 Å². The average Bonchev–Trinajstić information content (AvgIpc) is 2.69. The molecule has 0 saturated carbocycles. The standard InChI is InChI=1S/C24H34N2O4/c1-24(2,3)30-23(29)26-14-8-7-11-20(26)15-21(27)19-12-13-22(28)25(17-19)16-18-9-5-4-6-10-18/h4-6,9-10,17,20-21,27H,7-8,11-16H2,1-3H3. The van der Waals surface area contributed by atoms with Crippen molar-refractivity contribution in [2.75, 3.05) is 6.54 Å². The molecule has 0 aliphatic carbocycles. The van der Waals surface area contributed by atoms with E-state index >= 15 is 0 Å². The number of benzene rings is 1. The number of hydrogen-bond acceptors (Lipinski definition) is 4. The zero-order valence-corrected chi connectivity index (χ0v) is 18.3. The molecule has 2 aliphatic heterocycles. The van der Waals surface area contributed by atoms with Gasteiger partial charge in [-0.2, -0.15) is 0 Å². The van der Waals surface area contributed by atoms with Crippen molar-refractivity contribution in [3.05, 3.63) is 47.7 Å². The Kier molecular flexibility index (Phi) is 7.19. The first-order valence-electron chi connectivity index (χ1n) is 10.9. The molecule has 2 aliphatic rings. The lowest BCUT2D eigenvalue weighted by molar-refractivity contribution is -0.129. The second-order valence-corrected chi connectivity index (χ2v) is 9.29. The monoisotopic (exact) mass is 414 g/mol. The summed E-state index contributed by atoms with van der Waals surface area (Å²) in [5.74, 6) is 0.0721. The van der Waals surface area contributed by atoms with Gasteiger partial charge in [0, 0.05) is 25.2 Å². The van der Waals surface area contributed by atoms with Gasteiger partial charge in [0.25, 0.3) is 0 Å². The molecule has 6 heteroatoms. The van der Waals surface area contributed by atoms with Gasteiger partial charge in [-0.1, -0.05) is 30.3 Å². The minimum absolute atomic E-state index is 0.0512. The fraction of sp³-hybridized carbons (Fsp3) is 0.583. The molecule has 0 radical (unpaired) electrons. The highest BCUT2D eigenvalue weighted by molar-refractivity contribution is 5.78. The summed E-state index contributed by atoms with van der Waals surface area (Å²) in [7, 11) is 0. The van der Waals surface area contributed by atoms with Crippen LogP contribution in [0, 0.1) is 0 Å².